The summed E-state index contributed by atoms with van der Waals surface area (Å²) in [5, 5.41) is 16.8. The maximum atomic E-state index is 13.9. The van der Waals surface area contributed by atoms with Crippen molar-refractivity contribution in [2.45, 2.75) is 52.3 Å². The average Bonchev–Trinajstić information content (AvgIpc) is 2.73. The minimum Gasteiger partial charge on any atom is -0.494 e. The molecule has 2 rings (SSSR count). The number of likely N-dealkylation sites (tertiary alicyclic amines) is 1. The van der Waals surface area contributed by atoms with Crippen LogP contribution in [0.1, 0.15) is 39.2 Å². The second-order valence-corrected chi connectivity index (χ2v) is 8.47. The molecular formula is C23H40FIN4O3. The number of hydrogen-bond donors (Lipinski definition) is 3. The molecule has 0 amide bonds. The number of piperidine rings is 1. The predicted molar refractivity (Wildman–Crippen MR) is 137 cm³/mol. The number of aliphatic hydroxyl groups excluding tert-OH is 1. The van der Waals surface area contributed by atoms with Crippen LogP contribution >= 0.6 is 24.0 Å². The van der Waals surface area contributed by atoms with Crippen molar-refractivity contribution in [2.24, 2.45) is 10.9 Å². The molecule has 0 bridgehead atoms. The van der Waals surface area contributed by atoms with Gasteiger partial charge in [-0.15, -0.1) is 24.0 Å². The van der Waals surface area contributed by atoms with Crippen LogP contribution in [0.3, 0.4) is 0 Å². The summed E-state index contributed by atoms with van der Waals surface area (Å²) in [6.45, 7) is 10.8. The molecule has 1 aliphatic heterocycles. The molecule has 1 aromatic carbocycles. The van der Waals surface area contributed by atoms with E-state index in [0.29, 0.717) is 31.7 Å². The number of nitrogens with one attached hydrogen (secondary N) is 2. The number of aliphatic hydroxyl groups is 1. The highest BCUT2D eigenvalue weighted by molar-refractivity contribution is 14.0. The van der Waals surface area contributed by atoms with E-state index in [0.717, 1.165) is 50.5 Å². The van der Waals surface area contributed by atoms with Gasteiger partial charge in [-0.05, 0) is 43.4 Å². The van der Waals surface area contributed by atoms with Crippen LogP contribution in [0.4, 0.5) is 4.39 Å². The first kappa shape index (κ1) is 28.9. The van der Waals surface area contributed by atoms with Crippen LogP contribution in [-0.4, -0.2) is 74.6 Å². The van der Waals surface area contributed by atoms with Crippen LogP contribution in [0.2, 0.25) is 0 Å². The SMILES string of the molecule is CCNC(=NCC(O)COCC(C)C)NC1CCN(Cc2ccc(OC)c(F)c2)CC1.I. The lowest BCUT2D eigenvalue weighted by Crippen LogP contribution is -2.48. The van der Waals surface area contributed by atoms with Gasteiger partial charge >= 0.3 is 0 Å². The number of aliphatic imine (C=N–C) groups is 1. The van der Waals surface area contributed by atoms with Gasteiger partial charge in [0.05, 0.1) is 26.4 Å². The van der Waals surface area contributed by atoms with Crippen molar-refractivity contribution < 1.29 is 19.0 Å². The predicted octanol–water partition coefficient (Wildman–Crippen LogP) is 3.01. The van der Waals surface area contributed by atoms with Crippen LogP contribution in [-0.2, 0) is 11.3 Å². The molecule has 9 heteroatoms. The molecule has 32 heavy (non-hydrogen) atoms. The minimum absolute atomic E-state index is 0. The number of ether oxygens (including phenoxy) is 2. The molecule has 0 spiro atoms. The highest BCUT2D eigenvalue weighted by Crippen LogP contribution is 2.20. The summed E-state index contributed by atoms with van der Waals surface area (Å²) in [4.78, 5) is 6.85. The van der Waals surface area contributed by atoms with Crippen LogP contribution in [0.15, 0.2) is 23.2 Å². The minimum atomic E-state index is -0.610. The lowest BCUT2D eigenvalue weighted by Gasteiger charge is -2.33. The largest absolute Gasteiger partial charge is 0.494 e. The molecule has 1 aliphatic rings. The monoisotopic (exact) mass is 566 g/mol. The van der Waals surface area contributed by atoms with Crippen molar-refractivity contribution in [1.82, 2.24) is 15.5 Å². The molecule has 0 saturated carbocycles. The van der Waals surface area contributed by atoms with E-state index in [4.69, 9.17) is 9.47 Å². The second-order valence-electron chi connectivity index (χ2n) is 8.47. The third-order valence-corrected chi connectivity index (χ3v) is 5.12. The van der Waals surface area contributed by atoms with Crippen molar-refractivity contribution in [3.63, 3.8) is 0 Å². The maximum absolute atomic E-state index is 13.9. The first-order valence-electron chi connectivity index (χ1n) is 11.3. The first-order chi connectivity index (χ1) is 14.9. The Morgan fingerprint density at radius 3 is 2.59 bits per heavy atom. The molecule has 0 aliphatic carbocycles. The average molecular weight is 567 g/mol. The topological polar surface area (TPSA) is 78.4 Å². The Hall–Kier alpha value is -1.17. The molecule has 0 aromatic heterocycles. The van der Waals surface area contributed by atoms with E-state index in [9.17, 15) is 9.50 Å². The highest BCUT2D eigenvalue weighted by atomic mass is 127. The smallest absolute Gasteiger partial charge is 0.191 e. The van der Waals surface area contributed by atoms with Crippen LogP contribution in [0, 0.1) is 11.7 Å². The third-order valence-electron chi connectivity index (χ3n) is 5.12. The summed E-state index contributed by atoms with van der Waals surface area (Å²) in [6, 6.07) is 5.46. The normalized spacial score (nSPS) is 16.5. The van der Waals surface area contributed by atoms with E-state index < -0.39 is 6.10 Å². The fraction of sp³-hybridized carbons (Fsp3) is 0.696. The van der Waals surface area contributed by atoms with Crippen molar-refractivity contribution >= 4 is 29.9 Å². The standard InChI is InChI=1S/C23H39FN4O3.HI/c1-5-25-23(26-13-20(29)16-31-15-17(2)3)27-19-8-10-28(11-9-19)14-18-6-7-22(30-4)21(24)12-18;/h6-7,12,17,19-20,29H,5,8-11,13-16H2,1-4H3,(H2,25,26,27);1H. The number of hydrogen-bond acceptors (Lipinski definition) is 5. The van der Waals surface area contributed by atoms with E-state index in [1.54, 1.807) is 12.1 Å². The summed E-state index contributed by atoms with van der Waals surface area (Å²) in [5.74, 6) is 1.13. The Kier molecular flexibility index (Phi) is 14.1. The zero-order valence-corrected chi connectivity index (χ0v) is 22.1. The van der Waals surface area contributed by atoms with E-state index in [1.807, 2.05) is 13.0 Å². The maximum Gasteiger partial charge on any atom is 0.191 e. The number of benzene rings is 1. The first-order valence-corrected chi connectivity index (χ1v) is 11.3. The van der Waals surface area contributed by atoms with Crippen molar-refractivity contribution in [1.29, 1.82) is 0 Å². The Labute approximate surface area is 209 Å². The van der Waals surface area contributed by atoms with Gasteiger partial charge in [0.15, 0.2) is 17.5 Å². The number of nitrogens with zero attached hydrogens (tertiary/aromatic N) is 2. The lowest BCUT2D eigenvalue weighted by atomic mass is 10.0. The van der Waals surface area contributed by atoms with Gasteiger partial charge in [-0.1, -0.05) is 19.9 Å². The lowest BCUT2D eigenvalue weighted by molar-refractivity contribution is 0.0301. The Bertz CT molecular complexity index is 685. The van der Waals surface area contributed by atoms with E-state index >= 15 is 0 Å². The van der Waals surface area contributed by atoms with Crippen LogP contribution in [0.25, 0.3) is 0 Å². The summed E-state index contributed by atoms with van der Waals surface area (Å²) in [7, 11) is 1.47. The molecule has 184 valence electrons. The van der Waals surface area contributed by atoms with Gasteiger partial charge in [0.25, 0.3) is 0 Å². The second kappa shape index (κ2) is 15.6. The zero-order chi connectivity index (χ0) is 22.6. The Morgan fingerprint density at radius 1 is 1.28 bits per heavy atom. The van der Waals surface area contributed by atoms with Crippen molar-refractivity contribution in [3.05, 3.63) is 29.6 Å². The van der Waals surface area contributed by atoms with E-state index in [1.165, 1.54) is 7.11 Å². The fourth-order valence-electron chi connectivity index (χ4n) is 3.50. The molecule has 0 radical (unpaired) electrons. The van der Waals surface area contributed by atoms with Crippen LogP contribution < -0.4 is 15.4 Å². The molecule has 1 unspecified atom stereocenters. The van der Waals surface area contributed by atoms with E-state index in [2.05, 4.69) is 34.4 Å². The fourth-order valence-corrected chi connectivity index (χ4v) is 3.50. The van der Waals surface area contributed by atoms with Crippen molar-refractivity contribution in [2.75, 3.05) is 46.5 Å². The molecule has 1 heterocycles. The van der Waals surface area contributed by atoms with E-state index in [-0.39, 0.29) is 35.5 Å². The molecule has 1 saturated heterocycles. The third kappa shape index (κ3) is 10.6. The molecule has 1 fully saturated rings. The van der Waals surface area contributed by atoms with Crippen molar-refractivity contribution in [3.8, 4) is 5.75 Å². The van der Waals surface area contributed by atoms with Crippen LogP contribution in [0.5, 0.6) is 5.75 Å². The quantitative estimate of drug-likeness (QED) is 0.217. The summed E-state index contributed by atoms with van der Waals surface area (Å²) < 4.78 is 24.4. The summed E-state index contributed by atoms with van der Waals surface area (Å²) in [6.07, 6.45) is 1.34. The van der Waals surface area contributed by atoms with Gasteiger partial charge in [-0.25, -0.2) is 4.39 Å². The van der Waals surface area contributed by atoms with Gasteiger partial charge in [-0.2, -0.15) is 0 Å². The number of rotatable bonds is 11. The Balaban J connectivity index is 0.00000512. The molecule has 1 atom stereocenters. The van der Waals surface area contributed by atoms with Gasteiger partial charge in [-0.3, -0.25) is 9.89 Å². The van der Waals surface area contributed by atoms with Gasteiger partial charge in [0.2, 0.25) is 0 Å². The number of methoxy groups -OCH3 is 1. The summed E-state index contributed by atoms with van der Waals surface area (Å²) in [5.41, 5.74) is 0.952. The molecule has 7 nitrogen and oxygen atoms in total. The number of halogens is 2. The summed E-state index contributed by atoms with van der Waals surface area (Å²) >= 11 is 0. The molecule has 1 aromatic rings. The molecular weight excluding hydrogens is 526 g/mol. The number of guanidine groups is 1. The van der Waals surface area contributed by atoms with Gasteiger partial charge in [0.1, 0.15) is 0 Å². The Morgan fingerprint density at radius 2 is 2.00 bits per heavy atom. The van der Waals surface area contributed by atoms with Gasteiger partial charge in [0, 0.05) is 38.8 Å². The highest BCUT2D eigenvalue weighted by Gasteiger charge is 2.20. The molecule has 3 N–H and O–H groups in total. The van der Waals surface area contributed by atoms with Gasteiger partial charge < -0.3 is 25.2 Å². The zero-order valence-electron chi connectivity index (χ0n) is 19.8.